The highest BCUT2D eigenvalue weighted by molar-refractivity contribution is 7.08. The van der Waals surface area contributed by atoms with Crippen molar-refractivity contribution in [2.75, 3.05) is 5.32 Å². The van der Waals surface area contributed by atoms with Crippen LogP contribution in [0.2, 0.25) is 0 Å². The number of imidazole rings is 1. The zero-order valence-electron chi connectivity index (χ0n) is 19.8. The lowest BCUT2D eigenvalue weighted by Gasteiger charge is -2.07. The molecule has 0 spiro atoms. The number of hydrogen-bond donors (Lipinski definition) is 3. The van der Waals surface area contributed by atoms with Crippen molar-refractivity contribution < 1.29 is 4.79 Å². The van der Waals surface area contributed by atoms with E-state index < -0.39 is 0 Å². The average molecular weight is 514 g/mol. The number of rotatable bonds is 5. The molecule has 5 heterocycles. The molecule has 0 fully saturated rings. The van der Waals surface area contributed by atoms with Gasteiger partial charge in [0.25, 0.3) is 5.91 Å². The molecule has 0 saturated heterocycles. The molecule has 0 saturated carbocycles. The molecule has 1 amide bonds. The number of carbonyl (C=O) groups excluding carboxylic acids is 1. The molecule has 0 atom stereocenters. The molecule has 0 aliphatic rings. The number of hydrogen-bond acceptors (Lipinski definition) is 6. The summed E-state index contributed by atoms with van der Waals surface area (Å²) in [6, 6.07) is 21.1. The van der Waals surface area contributed by atoms with Gasteiger partial charge in [-0.15, -0.1) is 0 Å². The van der Waals surface area contributed by atoms with Crippen LogP contribution in [0, 0.1) is 0 Å². The van der Waals surface area contributed by atoms with Gasteiger partial charge in [-0.3, -0.25) is 19.9 Å². The Morgan fingerprint density at radius 3 is 2.68 bits per heavy atom. The van der Waals surface area contributed by atoms with Crippen LogP contribution in [0.25, 0.3) is 55.8 Å². The third-order valence-corrected chi connectivity index (χ3v) is 7.03. The van der Waals surface area contributed by atoms with Crippen molar-refractivity contribution in [3.8, 4) is 33.9 Å². The SMILES string of the molecule is O=C(Nc1cncc(-c2cc3c(-c4nc5c(-c6ccsc6)cccc5[nH]4)n[nH]c3cn2)c1)c1ccccc1. The molecule has 7 rings (SSSR count). The van der Waals surface area contributed by atoms with Crippen LogP contribution in [0.4, 0.5) is 5.69 Å². The smallest absolute Gasteiger partial charge is 0.255 e. The van der Waals surface area contributed by atoms with E-state index in [0.29, 0.717) is 28.5 Å². The first-order chi connectivity index (χ1) is 18.7. The number of carbonyl (C=O) groups is 1. The lowest BCUT2D eigenvalue weighted by molar-refractivity contribution is 0.102. The van der Waals surface area contributed by atoms with Crippen LogP contribution in [-0.4, -0.2) is 36.0 Å². The van der Waals surface area contributed by atoms with Gasteiger partial charge in [-0.2, -0.15) is 16.4 Å². The highest BCUT2D eigenvalue weighted by Crippen LogP contribution is 2.33. The fourth-order valence-corrected chi connectivity index (χ4v) is 5.15. The highest BCUT2D eigenvalue weighted by atomic mass is 32.1. The summed E-state index contributed by atoms with van der Waals surface area (Å²) in [5.41, 5.74) is 8.21. The summed E-state index contributed by atoms with van der Waals surface area (Å²) in [5.74, 6) is 0.477. The Kier molecular flexibility index (Phi) is 5.26. The minimum Gasteiger partial charge on any atom is -0.337 e. The van der Waals surface area contributed by atoms with Gasteiger partial charge < -0.3 is 10.3 Å². The van der Waals surface area contributed by atoms with E-state index >= 15 is 0 Å². The first-order valence-corrected chi connectivity index (χ1v) is 12.8. The van der Waals surface area contributed by atoms with Crippen LogP contribution in [-0.2, 0) is 0 Å². The van der Waals surface area contributed by atoms with E-state index in [-0.39, 0.29) is 5.91 Å². The van der Waals surface area contributed by atoms with Gasteiger partial charge in [-0.1, -0.05) is 30.3 Å². The predicted octanol–water partition coefficient (Wildman–Crippen LogP) is 6.54. The van der Waals surface area contributed by atoms with Crippen LogP contribution in [0.15, 0.2) is 96.1 Å². The van der Waals surface area contributed by atoms with Crippen molar-refractivity contribution in [2.45, 2.75) is 0 Å². The van der Waals surface area contributed by atoms with Crippen LogP contribution in [0.5, 0.6) is 0 Å². The number of anilines is 1. The van der Waals surface area contributed by atoms with Gasteiger partial charge in [-0.25, -0.2) is 4.98 Å². The van der Waals surface area contributed by atoms with E-state index in [1.54, 1.807) is 42.1 Å². The first-order valence-electron chi connectivity index (χ1n) is 11.9. The van der Waals surface area contributed by atoms with Crippen molar-refractivity contribution in [2.24, 2.45) is 0 Å². The molecule has 9 heteroatoms. The topological polar surface area (TPSA) is 112 Å². The summed E-state index contributed by atoms with van der Waals surface area (Å²) in [6.45, 7) is 0. The quantitative estimate of drug-likeness (QED) is 0.242. The van der Waals surface area contributed by atoms with Gasteiger partial charge in [0.2, 0.25) is 0 Å². The standard InChI is InChI=1S/C29H19N7OS/c37-29(17-5-2-1-3-6-17)32-20-11-19(13-30-14-20)24-12-22-25(15-31-24)35-36-27(22)28-33-23-8-4-7-21(26(23)34-28)18-9-10-38-16-18/h1-16H,(H,32,37)(H,33,34)(H,35,36). The lowest BCUT2D eigenvalue weighted by Crippen LogP contribution is -2.11. The molecule has 182 valence electrons. The molecular formula is C29H19N7OS. The highest BCUT2D eigenvalue weighted by Gasteiger charge is 2.17. The van der Waals surface area contributed by atoms with Gasteiger partial charge >= 0.3 is 0 Å². The number of aromatic amines is 2. The number of fused-ring (bicyclic) bond motifs is 2. The molecule has 38 heavy (non-hydrogen) atoms. The van der Waals surface area contributed by atoms with E-state index in [1.165, 1.54) is 0 Å². The maximum absolute atomic E-state index is 12.6. The number of para-hydroxylation sites is 1. The molecule has 0 aliphatic carbocycles. The van der Waals surface area contributed by atoms with E-state index in [9.17, 15) is 4.79 Å². The molecule has 8 nitrogen and oxygen atoms in total. The number of pyridine rings is 2. The van der Waals surface area contributed by atoms with Crippen molar-refractivity contribution in [3.63, 3.8) is 0 Å². The second-order valence-electron chi connectivity index (χ2n) is 8.77. The Labute approximate surface area is 220 Å². The van der Waals surface area contributed by atoms with E-state index in [0.717, 1.165) is 38.6 Å². The van der Waals surface area contributed by atoms with Gasteiger partial charge in [0, 0.05) is 28.3 Å². The van der Waals surface area contributed by atoms with E-state index in [2.05, 4.69) is 53.4 Å². The van der Waals surface area contributed by atoms with Gasteiger partial charge in [0.05, 0.1) is 40.3 Å². The Balaban J connectivity index is 1.25. The van der Waals surface area contributed by atoms with Gasteiger partial charge in [-0.05, 0) is 52.7 Å². The number of nitrogens with zero attached hydrogens (tertiary/aromatic N) is 4. The molecule has 0 bridgehead atoms. The first kappa shape index (κ1) is 22.1. The van der Waals surface area contributed by atoms with Gasteiger partial charge in [0.1, 0.15) is 5.69 Å². The number of aromatic nitrogens is 6. The summed E-state index contributed by atoms with van der Waals surface area (Å²) in [5, 5.41) is 15.6. The molecule has 5 aromatic heterocycles. The second-order valence-corrected chi connectivity index (χ2v) is 9.55. The normalized spacial score (nSPS) is 11.3. The minimum atomic E-state index is -0.197. The third kappa shape index (κ3) is 3.91. The summed E-state index contributed by atoms with van der Waals surface area (Å²) in [7, 11) is 0. The molecule has 7 aromatic rings. The Bertz CT molecular complexity index is 1920. The number of amides is 1. The largest absolute Gasteiger partial charge is 0.337 e. The van der Waals surface area contributed by atoms with Crippen molar-refractivity contribution in [1.82, 2.24) is 30.1 Å². The Morgan fingerprint density at radius 1 is 0.895 bits per heavy atom. The molecule has 0 unspecified atom stereocenters. The predicted molar refractivity (Wildman–Crippen MR) is 150 cm³/mol. The Morgan fingerprint density at radius 2 is 1.82 bits per heavy atom. The van der Waals surface area contributed by atoms with Crippen molar-refractivity contribution in [3.05, 3.63) is 102 Å². The number of benzene rings is 2. The lowest BCUT2D eigenvalue weighted by atomic mass is 10.1. The van der Waals surface area contributed by atoms with Crippen molar-refractivity contribution >= 4 is 44.9 Å². The number of nitrogens with one attached hydrogen (secondary N) is 3. The van der Waals surface area contributed by atoms with Gasteiger partial charge in [0.15, 0.2) is 5.82 Å². The van der Waals surface area contributed by atoms with Crippen molar-refractivity contribution in [1.29, 1.82) is 0 Å². The zero-order chi connectivity index (χ0) is 25.5. The molecule has 0 aliphatic heterocycles. The summed E-state index contributed by atoms with van der Waals surface area (Å²) in [6.07, 6.45) is 5.09. The fourth-order valence-electron chi connectivity index (χ4n) is 4.49. The second kappa shape index (κ2) is 9.06. The van der Waals surface area contributed by atoms with E-state index in [4.69, 9.17) is 4.98 Å². The van der Waals surface area contributed by atoms with Crippen LogP contribution in [0.3, 0.4) is 0 Å². The monoisotopic (exact) mass is 513 g/mol. The minimum absolute atomic E-state index is 0.197. The zero-order valence-corrected chi connectivity index (χ0v) is 20.7. The van der Waals surface area contributed by atoms with Crippen LogP contribution in [0.1, 0.15) is 10.4 Å². The third-order valence-electron chi connectivity index (χ3n) is 6.34. The maximum Gasteiger partial charge on any atom is 0.255 e. The molecule has 3 N–H and O–H groups in total. The van der Waals surface area contributed by atoms with E-state index in [1.807, 2.05) is 42.5 Å². The van der Waals surface area contributed by atoms with Crippen LogP contribution < -0.4 is 5.32 Å². The fraction of sp³-hybridized carbons (Fsp3) is 0. The number of thiophene rings is 1. The molecular weight excluding hydrogens is 494 g/mol. The summed E-state index contributed by atoms with van der Waals surface area (Å²) < 4.78 is 0. The summed E-state index contributed by atoms with van der Waals surface area (Å²) in [4.78, 5) is 29.9. The summed E-state index contributed by atoms with van der Waals surface area (Å²) >= 11 is 1.66. The average Bonchev–Trinajstić information content (AvgIpc) is 3.73. The molecule has 2 aromatic carbocycles. The maximum atomic E-state index is 12.6. The Hall–Kier alpha value is -5.15. The van der Waals surface area contributed by atoms with Crippen LogP contribution >= 0.6 is 11.3 Å². The molecule has 0 radical (unpaired) electrons. The number of H-pyrrole nitrogens is 2.